The molecular formula is C15H22O3. The molecule has 1 rings (SSSR count). The highest BCUT2D eigenvalue weighted by atomic mass is 16.5. The highest BCUT2D eigenvalue weighted by Crippen LogP contribution is 2.22. The molecule has 0 radical (unpaired) electrons. The monoisotopic (exact) mass is 250 g/mol. The summed E-state index contributed by atoms with van der Waals surface area (Å²) in [6.45, 7) is 5.10. The molecule has 3 heteroatoms. The van der Waals surface area contributed by atoms with E-state index in [0.29, 0.717) is 26.1 Å². The Kier molecular flexibility index (Phi) is 7.11. The summed E-state index contributed by atoms with van der Waals surface area (Å²) >= 11 is 0. The number of rotatable bonds is 8. The average molecular weight is 250 g/mol. The molecule has 0 aromatic heterocycles. The molecule has 0 saturated heterocycles. The summed E-state index contributed by atoms with van der Waals surface area (Å²) in [6, 6.07) is 9.99. The van der Waals surface area contributed by atoms with Gasteiger partial charge in [-0.15, -0.1) is 0 Å². The van der Waals surface area contributed by atoms with Crippen molar-refractivity contribution in [1.29, 1.82) is 0 Å². The molecule has 0 amide bonds. The molecule has 0 N–H and O–H groups in total. The van der Waals surface area contributed by atoms with E-state index in [1.807, 2.05) is 44.2 Å². The first kappa shape index (κ1) is 14.7. The number of hydrogen-bond acceptors (Lipinski definition) is 3. The minimum Gasteiger partial charge on any atom is -0.466 e. The van der Waals surface area contributed by atoms with Crippen LogP contribution in [-0.2, 0) is 14.3 Å². The van der Waals surface area contributed by atoms with Crippen molar-refractivity contribution in [3.8, 4) is 0 Å². The Balaban J connectivity index is 2.46. The first-order valence-corrected chi connectivity index (χ1v) is 6.60. The van der Waals surface area contributed by atoms with Crippen molar-refractivity contribution in [3.05, 3.63) is 35.9 Å². The van der Waals surface area contributed by atoms with Crippen LogP contribution in [0.5, 0.6) is 0 Å². The van der Waals surface area contributed by atoms with Gasteiger partial charge in [0.15, 0.2) is 0 Å². The zero-order chi connectivity index (χ0) is 13.2. The first-order valence-electron chi connectivity index (χ1n) is 6.60. The van der Waals surface area contributed by atoms with Gasteiger partial charge in [0.25, 0.3) is 0 Å². The van der Waals surface area contributed by atoms with Gasteiger partial charge in [0.2, 0.25) is 0 Å². The van der Waals surface area contributed by atoms with Crippen molar-refractivity contribution in [2.45, 2.75) is 39.2 Å². The predicted octanol–water partition coefficient (Wildman–Crippen LogP) is 3.50. The standard InChI is InChI=1S/C15H22O3/c1-3-12-18-15(16)11-10-14(17-4-2)13-8-6-5-7-9-13/h5-9,14H,3-4,10-12H2,1-2H3. The maximum atomic E-state index is 11.5. The van der Waals surface area contributed by atoms with Crippen molar-refractivity contribution >= 4 is 5.97 Å². The molecule has 0 spiro atoms. The van der Waals surface area contributed by atoms with Crippen LogP contribution in [0.25, 0.3) is 0 Å². The van der Waals surface area contributed by atoms with Crippen LogP contribution in [0.3, 0.4) is 0 Å². The Bertz CT molecular complexity index is 335. The second-order valence-electron chi connectivity index (χ2n) is 4.11. The lowest BCUT2D eigenvalue weighted by atomic mass is 10.0. The molecule has 1 atom stereocenters. The molecule has 1 unspecified atom stereocenters. The minimum absolute atomic E-state index is 0.0228. The van der Waals surface area contributed by atoms with Gasteiger partial charge in [0.05, 0.1) is 12.7 Å². The summed E-state index contributed by atoms with van der Waals surface area (Å²) in [5.41, 5.74) is 1.11. The molecule has 0 bridgehead atoms. The molecular weight excluding hydrogens is 228 g/mol. The van der Waals surface area contributed by atoms with Crippen LogP contribution in [0.15, 0.2) is 30.3 Å². The van der Waals surface area contributed by atoms with Gasteiger partial charge in [-0.1, -0.05) is 37.3 Å². The molecule has 0 aliphatic rings. The van der Waals surface area contributed by atoms with Crippen LogP contribution in [0, 0.1) is 0 Å². The summed E-state index contributed by atoms with van der Waals surface area (Å²) in [5.74, 6) is -0.141. The third-order valence-corrected chi connectivity index (χ3v) is 2.62. The molecule has 18 heavy (non-hydrogen) atoms. The van der Waals surface area contributed by atoms with E-state index < -0.39 is 0 Å². The van der Waals surface area contributed by atoms with Gasteiger partial charge in [-0.3, -0.25) is 4.79 Å². The zero-order valence-electron chi connectivity index (χ0n) is 11.2. The van der Waals surface area contributed by atoms with Gasteiger partial charge < -0.3 is 9.47 Å². The van der Waals surface area contributed by atoms with Gasteiger partial charge in [-0.2, -0.15) is 0 Å². The van der Waals surface area contributed by atoms with Gasteiger partial charge >= 0.3 is 5.97 Å². The second-order valence-corrected chi connectivity index (χ2v) is 4.11. The first-order chi connectivity index (χ1) is 8.77. The number of benzene rings is 1. The van der Waals surface area contributed by atoms with E-state index in [9.17, 15) is 4.79 Å². The fraction of sp³-hybridized carbons (Fsp3) is 0.533. The number of hydrogen-bond donors (Lipinski definition) is 0. The summed E-state index contributed by atoms with van der Waals surface area (Å²) in [7, 11) is 0. The lowest BCUT2D eigenvalue weighted by molar-refractivity contribution is -0.144. The van der Waals surface area contributed by atoms with Crippen molar-refractivity contribution in [1.82, 2.24) is 0 Å². The summed E-state index contributed by atoms with van der Waals surface area (Å²) in [6.07, 6.45) is 1.91. The summed E-state index contributed by atoms with van der Waals surface area (Å²) in [5, 5.41) is 0. The highest BCUT2D eigenvalue weighted by Gasteiger charge is 2.13. The second kappa shape index (κ2) is 8.70. The van der Waals surface area contributed by atoms with E-state index in [2.05, 4.69) is 0 Å². The third kappa shape index (κ3) is 5.32. The summed E-state index contributed by atoms with van der Waals surface area (Å²) < 4.78 is 10.7. The Morgan fingerprint density at radius 2 is 1.94 bits per heavy atom. The van der Waals surface area contributed by atoms with E-state index in [-0.39, 0.29) is 12.1 Å². The van der Waals surface area contributed by atoms with Crippen LogP contribution in [0.1, 0.15) is 44.8 Å². The van der Waals surface area contributed by atoms with Gasteiger partial charge in [-0.05, 0) is 25.3 Å². The van der Waals surface area contributed by atoms with Crippen molar-refractivity contribution in [2.75, 3.05) is 13.2 Å². The van der Waals surface area contributed by atoms with Crippen LogP contribution in [0.4, 0.5) is 0 Å². The number of esters is 1. The fourth-order valence-electron chi connectivity index (χ4n) is 1.75. The van der Waals surface area contributed by atoms with Crippen molar-refractivity contribution in [3.63, 3.8) is 0 Å². The van der Waals surface area contributed by atoms with Crippen molar-refractivity contribution < 1.29 is 14.3 Å². The molecule has 1 aromatic carbocycles. The van der Waals surface area contributed by atoms with Gasteiger partial charge in [0.1, 0.15) is 0 Å². The Labute approximate surface area is 109 Å². The smallest absolute Gasteiger partial charge is 0.305 e. The molecule has 0 aliphatic heterocycles. The Morgan fingerprint density at radius 1 is 1.22 bits per heavy atom. The van der Waals surface area contributed by atoms with E-state index in [1.165, 1.54) is 0 Å². The van der Waals surface area contributed by atoms with Gasteiger partial charge in [-0.25, -0.2) is 0 Å². The quantitative estimate of drug-likeness (QED) is 0.662. The van der Waals surface area contributed by atoms with Crippen LogP contribution in [0.2, 0.25) is 0 Å². The molecule has 0 heterocycles. The average Bonchev–Trinajstić information content (AvgIpc) is 2.42. The van der Waals surface area contributed by atoms with Gasteiger partial charge in [0, 0.05) is 13.0 Å². The third-order valence-electron chi connectivity index (χ3n) is 2.62. The topological polar surface area (TPSA) is 35.5 Å². The number of carbonyl (C=O) groups excluding carboxylic acids is 1. The van der Waals surface area contributed by atoms with Crippen molar-refractivity contribution in [2.24, 2.45) is 0 Å². The highest BCUT2D eigenvalue weighted by molar-refractivity contribution is 5.69. The molecule has 0 saturated carbocycles. The van der Waals surface area contributed by atoms with Crippen LogP contribution in [-0.4, -0.2) is 19.2 Å². The normalized spacial score (nSPS) is 12.1. The molecule has 0 aliphatic carbocycles. The van der Waals surface area contributed by atoms with Crippen LogP contribution >= 0.6 is 0 Å². The summed E-state index contributed by atoms with van der Waals surface area (Å²) in [4.78, 5) is 11.5. The molecule has 100 valence electrons. The Morgan fingerprint density at radius 3 is 2.56 bits per heavy atom. The lowest BCUT2D eigenvalue weighted by Gasteiger charge is -2.17. The minimum atomic E-state index is -0.141. The van der Waals surface area contributed by atoms with E-state index >= 15 is 0 Å². The van der Waals surface area contributed by atoms with E-state index in [0.717, 1.165) is 12.0 Å². The largest absolute Gasteiger partial charge is 0.466 e. The van der Waals surface area contributed by atoms with E-state index in [4.69, 9.17) is 9.47 Å². The maximum absolute atomic E-state index is 11.5. The maximum Gasteiger partial charge on any atom is 0.305 e. The van der Waals surface area contributed by atoms with E-state index in [1.54, 1.807) is 0 Å². The fourth-order valence-corrected chi connectivity index (χ4v) is 1.75. The predicted molar refractivity (Wildman–Crippen MR) is 71.3 cm³/mol. The Hall–Kier alpha value is -1.35. The SMILES string of the molecule is CCCOC(=O)CCC(OCC)c1ccccc1. The zero-order valence-corrected chi connectivity index (χ0v) is 11.2. The molecule has 1 aromatic rings. The number of carbonyl (C=O) groups is 1. The molecule has 3 nitrogen and oxygen atoms in total. The lowest BCUT2D eigenvalue weighted by Crippen LogP contribution is -2.10. The number of ether oxygens (including phenoxy) is 2. The van der Waals surface area contributed by atoms with Crippen LogP contribution < -0.4 is 0 Å². The molecule has 0 fully saturated rings.